The Kier molecular flexibility index (Phi) is 3.69. The first-order chi connectivity index (χ1) is 9.45. The molecule has 0 spiro atoms. The summed E-state index contributed by atoms with van der Waals surface area (Å²) >= 11 is 0. The van der Waals surface area contributed by atoms with Gasteiger partial charge in [0.15, 0.2) is 17.5 Å². The van der Waals surface area contributed by atoms with E-state index in [0.717, 1.165) is 6.20 Å². The van der Waals surface area contributed by atoms with E-state index >= 15 is 0 Å². The van der Waals surface area contributed by atoms with Gasteiger partial charge in [0, 0.05) is 23.2 Å². The summed E-state index contributed by atoms with van der Waals surface area (Å²) in [6.07, 6.45) is 2.44. The van der Waals surface area contributed by atoms with Crippen molar-refractivity contribution in [1.82, 2.24) is 15.0 Å². The third-order valence-electron chi connectivity index (χ3n) is 3.12. The molecule has 0 amide bonds. The number of aromatic amines is 1. The van der Waals surface area contributed by atoms with Crippen molar-refractivity contribution in [3.05, 3.63) is 36.4 Å². The van der Waals surface area contributed by atoms with E-state index in [0.29, 0.717) is 16.9 Å². The van der Waals surface area contributed by atoms with Crippen LogP contribution in [-0.4, -0.2) is 21.1 Å². The number of nitrogens with zero attached hydrogens (tertiary/aromatic N) is 2. The van der Waals surface area contributed by atoms with Crippen LogP contribution in [-0.2, 0) is 0 Å². The Balaban J connectivity index is 2.52. The Labute approximate surface area is 114 Å². The molecule has 2 aromatic heterocycles. The third-order valence-corrected chi connectivity index (χ3v) is 3.12. The fraction of sp³-hybridized carbons (Fsp3) is 0.231. The van der Waals surface area contributed by atoms with Gasteiger partial charge in [-0.1, -0.05) is 13.0 Å². The number of halogens is 2. The lowest BCUT2D eigenvalue weighted by Crippen LogP contribution is -2.10. The van der Waals surface area contributed by atoms with Gasteiger partial charge in [0.1, 0.15) is 12.0 Å². The molecule has 0 radical (unpaired) electrons. The summed E-state index contributed by atoms with van der Waals surface area (Å²) in [7, 11) is 0. The molecule has 2 heterocycles. The molecule has 0 aliphatic rings. The highest BCUT2D eigenvalue weighted by Gasteiger charge is 2.24. The van der Waals surface area contributed by atoms with E-state index in [1.54, 1.807) is 13.1 Å². The highest BCUT2D eigenvalue weighted by atomic mass is 19.1. The fourth-order valence-corrected chi connectivity index (χ4v) is 2.00. The molecule has 2 aromatic rings. The molecule has 7 heteroatoms. The Morgan fingerprint density at radius 1 is 1.45 bits per heavy atom. The SMILES string of the molecule is C=CC(F)[C@@H](C)c1c(-c2ncc(F)c(N)n2)c[nH]c1N. The highest BCUT2D eigenvalue weighted by Crippen LogP contribution is 2.35. The molecule has 0 bridgehead atoms. The molecule has 2 atom stereocenters. The molecular formula is C13H15F2N5. The highest BCUT2D eigenvalue weighted by molar-refractivity contribution is 5.69. The van der Waals surface area contributed by atoms with Gasteiger partial charge in [-0.25, -0.2) is 18.7 Å². The van der Waals surface area contributed by atoms with Crippen LogP contribution < -0.4 is 11.5 Å². The number of allylic oxidation sites excluding steroid dienone is 1. The predicted octanol–water partition coefficient (Wildman–Crippen LogP) is 2.40. The topological polar surface area (TPSA) is 93.6 Å². The molecule has 0 fully saturated rings. The second-order valence-corrected chi connectivity index (χ2v) is 4.43. The number of alkyl halides is 1. The van der Waals surface area contributed by atoms with E-state index in [1.807, 2.05) is 0 Å². The van der Waals surface area contributed by atoms with Gasteiger partial charge in [-0.05, 0) is 0 Å². The van der Waals surface area contributed by atoms with Gasteiger partial charge in [-0.2, -0.15) is 0 Å². The van der Waals surface area contributed by atoms with Crippen molar-refractivity contribution in [2.24, 2.45) is 0 Å². The van der Waals surface area contributed by atoms with E-state index in [-0.39, 0.29) is 11.6 Å². The third kappa shape index (κ3) is 2.34. The van der Waals surface area contributed by atoms with E-state index in [9.17, 15) is 8.78 Å². The number of rotatable bonds is 4. The standard InChI is InChI=1S/C13H15F2N5/c1-3-8(14)6(2)10-7(4-18-12(10)17)13-19-5-9(15)11(16)20-13/h3-6,8,18H,1,17H2,2H3,(H2,16,19,20)/t6-,8?/m1/s1. The van der Waals surface area contributed by atoms with Crippen LogP contribution in [0.4, 0.5) is 20.4 Å². The molecule has 1 unspecified atom stereocenters. The van der Waals surface area contributed by atoms with Crippen LogP contribution in [0.5, 0.6) is 0 Å². The maximum absolute atomic E-state index is 13.8. The smallest absolute Gasteiger partial charge is 0.183 e. The van der Waals surface area contributed by atoms with Crippen molar-refractivity contribution in [3.63, 3.8) is 0 Å². The van der Waals surface area contributed by atoms with E-state index < -0.39 is 17.9 Å². The summed E-state index contributed by atoms with van der Waals surface area (Å²) in [5, 5.41) is 0. The second-order valence-electron chi connectivity index (χ2n) is 4.43. The molecule has 0 saturated heterocycles. The maximum atomic E-state index is 13.8. The van der Waals surface area contributed by atoms with Gasteiger partial charge >= 0.3 is 0 Å². The number of H-pyrrole nitrogens is 1. The van der Waals surface area contributed by atoms with Crippen LogP contribution in [0.3, 0.4) is 0 Å². The largest absolute Gasteiger partial charge is 0.385 e. The lowest BCUT2D eigenvalue weighted by molar-refractivity contribution is 0.355. The van der Waals surface area contributed by atoms with Crippen LogP contribution in [0.25, 0.3) is 11.4 Å². The van der Waals surface area contributed by atoms with Crippen molar-refractivity contribution in [2.75, 3.05) is 11.5 Å². The number of hydrogen-bond donors (Lipinski definition) is 3. The van der Waals surface area contributed by atoms with E-state index in [2.05, 4.69) is 21.5 Å². The van der Waals surface area contributed by atoms with Crippen molar-refractivity contribution >= 4 is 11.6 Å². The fourth-order valence-electron chi connectivity index (χ4n) is 2.00. The van der Waals surface area contributed by atoms with Crippen LogP contribution in [0.15, 0.2) is 25.0 Å². The van der Waals surface area contributed by atoms with E-state index in [4.69, 9.17) is 11.5 Å². The zero-order valence-electron chi connectivity index (χ0n) is 10.9. The molecule has 0 aliphatic carbocycles. The van der Waals surface area contributed by atoms with Crippen LogP contribution in [0.1, 0.15) is 18.4 Å². The molecule has 2 rings (SSSR count). The minimum Gasteiger partial charge on any atom is -0.385 e. The number of anilines is 2. The van der Waals surface area contributed by atoms with Crippen molar-refractivity contribution < 1.29 is 8.78 Å². The Morgan fingerprint density at radius 2 is 2.15 bits per heavy atom. The maximum Gasteiger partial charge on any atom is 0.183 e. The number of aromatic nitrogens is 3. The summed E-state index contributed by atoms with van der Waals surface area (Å²) in [6, 6.07) is 0. The Bertz CT molecular complexity index is 638. The number of hydrogen-bond acceptors (Lipinski definition) is 4. The summed E-state index contributed by atoms with van der Waals surface area (Å²) in [4.78, 5) is 10.5. The first-order valence-corrected chi connectivity index (χ1v) is 5.97. The monoisotopic (exact) mass is 279 g/mol. The minimum absolute atomic E-state index is 0.190. The normalized spacial score (nSPS) is 13.9. The number of nitrogens with one attached hydrogen (secondary N) is 1. The van der Waals surface area contributed by atoms with Gasteiger partial charge in [-0.15, -0.1) is 6.58 Å². The summed E-state index contributed by atoms with van der Waals surface area (Å²) in [5.74, 6) is -1.02. The summed E-state index contributed by atoms with van der Waals surface area (Å²) < 4.78 is 26.9. The Morgan fingerprint density at radius 3 is 2.75 bits per heavy atom. The minimum atomic E-state index is -1.27. The first-order valence-electron chi connectivity index (χ1n) is 5.97. The number of nitrogens with two attached hydrogens (primary N) is 2. The molecule has 5 nitrogen and oxygen atoms in total. The van der Waals surface area contributed by atoms with Gasteiger partial charge in [0.25, 0.3) is 0 Å². The van der Waals surface area contributed by atoms with Gasteiger partial charge in [0.2, 0.25) is 0 Å². The lowest BCUT2D eigenvalue weighted by atomic mass is 9.94. The van der Waals surface area contributed by atoms with Gasteiger partial charge < -0.3 is 16.5 Å². The molecule has 0 aliphatic heterocycles. The lowest BCUT2D eigenvalue weighted by Gasteiger charge is -2.15. The predicted molar refractivity (Wildman–Crippen MR) is 74.1 cm³/mol. The summed E-state index contributed by atoms with van der Waals surface area (Å²) in [6.45, 7) is 5.09. The zero-order chi connectivity index (χ0) is 14.9. The second kappa shape index (κ2) is 5.28. The van der Waals surface area contributed by atoms with Gasteiger partial charge in [-0.3, -0.25) is 0 Å². The number of nitrogen functional groups attached to an aromatic ring is 2. The molecule has 0 aromatic carbocycles. The van der Waals surface area contributed by atoms with Crippen LogP contribution in [0, 0.1) is 5.82 Å². The van der Waals surface area contributed by atoms with E-state index in [1.165, 1.54) is 6.08 Å². The van der Waals surface area contributed by atoms with Crippen LogP contribution >= 0.6 is 0 Å². The summed E-state index contributed by atoms with van der Waals surface area (Å²) in [5.41, 5.74) is 12.3. The molecule has 20 heavy (non-hydrogen) atoms. The van der Waals surface area contributed by atoms with Crippen molar-refractivity contribution in [3.8, 4) is 11.4 Å². The first kappa shape index (κ1) is 14.0. The molecule has 0 saturated carbocycles. The average molecular weight is 279 g/mol. The quantitative estimate of drug-likeness (QED) is 0.749. The molecule has 5 N–H and O–H groups in total. The average Bonchev–Trinajstić information content (AvgIpc) is 2.82. The molecular weight excluding hydrogens is 264 g/mol. The van der Waals surface area contributed by atoms with Crippen LogP contribution in [0.2, 0.25) is 0 Å². The van der Waals surface area contributed by atoms with Crippen molar-refractivity contribution in [2.45, 2.75) is 19.0 Å². The van der Waals surface area contributed by atoms with Crippen molar-refractivity contribution in [1.29, 1.82) is 0 Å². The zero-order valence-corrected chi connectivity index (χ0v) is 10.9. The molecule has 106 valence electrons. The van der Waals surface area contributed by atoms with Gasteiger partial charge in [0.05, 0.1) is 6.20 Å². The Hall–Kier alpha value is -2.44.